The van der Waals surface area contributed by atoms with Crippen LogP contribution in [0, 0.1) is 0 Å². The van der Waals surface area contributed by atoms with Crippen molar-refractivity contribution in [3.05, 3.63) is 59.9 Å². The van der Waals surface area contributed by atoms with Gasteiger partial charge < -0.3 is 35.3 Å². The third-order valence-corrected chi connectivity index (χ3v) is 8.17. The van der Waals surface area contributed by atoms with Crippen molar-refractivity contribution in [3.63, 3.8) is 0 Å². The number of esters is 1. The smallest absolute Gasteiger partial charge is 0.305 e. The number of hydrogen-bond acceptors (Lipinski definition) is 11. The number of rotatable bonds is 6. The largest absolute Gasteiger partial charge is 0.489 e. The van der Waals surface area contributed by atoms with Gasteiger partial charge in [-0.05, 0) is 31.7 Å². The van der Waals surface area contributed by atoms with Crippen LogP contribution in [0.25, 0.3) is 11.3 Å². The summed E-state index contributed by atoms with van der Waals surface area (Å²) in [4.78, 5) is 34.3. The first kappa shape index (κ1) is 40.2. The van der Waals surface area contributed by atoms with E-state index in [2.05, 4.69) is 20.6 Å². The first-order valence-electron chi connectivity index (χ1n) is 16.2. The summed E-state index contributed by atoms with van der Waals surface area (Å²) in [5.41, 5.74) is 8.43. The van der Waals surface area contributed by atoms with Crippen LogP contribution in [0.15, 0.2) is 53.6 Å². The summed E-state index contributed by atoms with van der Waals surface area (Å²) in [5.74, 6) is -0.378. The number of nitrogens with two attached hydrogens (primary N) is 1. The van der Waals surface area contributed by atoms with Gasteiger partial charge in [-0.1, -0.05) is 52.0 Å². The highest BCUT2D eigenvalue weighted by Crippen LogP contribution is 2.30. The topological polar surface area (TPSA) is 167 Å². The van der Waals surface area contributed by atoms with Gasteiger partial charge in [0.15, 0.2) is 11.5 Å². The molecule has 0 saturated heterocycles. The molecule has 5 rings (SSSR count). The van der Waals surface area contributed by atoms with E-state index in [1.165, 1.54) is 13.3 Å². The Morgan fingerprint density at radius 2 is 1.73 bits per heavy atom. The Labute approximate surface area is 286 Å². The summed E-state index contributed by atoms with van der Waals surface area (Å²) >= 11 is 0. The minimum absolute atomic E-state index is 0.0227. The molecule has 13 nitrogen and oxygen atoms in total. The summed E-state index contributed by atoms with van der Waals surface area (Å²) in [6.07, 6.45) is 2.17. The summed E-state index contributed by atoms with van der Waals surface area (Å²) in [5, 5.41) is 5.98. The molecule has 3 aromatic rings. The average molecular weight is 687 g/mol. The van der Waals surface area contributed by atoms with Crippen LogP contribution in [0.2, 0.25) is 0 Å². The molecule has 2 aromatic carbocycles. The molecule has 0 spiro atoms. The Bertz CT molecular complexity index is 1440. The first-order chi connectivity index (χ1) is 23.4. The van der Waals surface area contributed by atoms with Gasteiger partial charge in [0, 0.05) is 37.2 Å². The minimum atomic E-state index is -1.52. The predicted molar refractivity (Wildman–Crippen MR) is 188 cm³/mol. The van der Waals surface area contributed by atoms with Gasteiger partial charge in [0.05, 0.1) is 56.0 Å². The number of para-hydroxylation sites is 1. The van der Waals surface area contributed by atoms with Gasteiger partial charge in [0.25, 0.3) is 5.91 Å². The van der Waals surface area contributed by atoms with Gasteiger partial charge in [-0.15, -0.1) is 0 Å². The summed E-state index contributed by atoms with van der Waals surface area (Å²) in [6, 6.07) is 12.4. The van der Waals surface area contributed by atoms with Crippen LogP contribution in [0.1, 0.15) is 56.6 Å². The van der Waals surface area contributed by atoms with E-state index in [9.17, 15) is 13.8 Å². The second-order valence-corrected chi connectivity index (χ2v) is 11.2. The number of carbonyl (C=O) groups excluding carboxylic acids is 2. The molecule has 1 atom stereocenters. The van der Waals surface area contributed by atoms with Crippen molar-refractivity contribution in [1.29, 1.82) is 0 Å². The molecule has 14 heteroatoms. The zero-order valence-electron chi connectivity index (χ0n) is 28.9. The van der Waals surface area contributed by atoms with Gasteiger partial charge in [-0.3, -0.25) is 9.59 Å². The number of fused-ring (bicyclic) bond motifs is 13. The monoisotopic (exact) mass is 686 g/mol. The summed E-state index contributed by atoms with van der Waals surface area (Å²) in [7, 11) is 1.65. The molecule has 264 valence electrons. The van der Waals surface area contributed by atoms with E-state index in [0.29, 0.717) is 80.1 Å². The van der Waals surface area contributed by atoms with E-state index in [1.807, 2.05) is 46.9 Å². The van der Waals surface area contributed by atoms with Gasteiger partial charge >= 0.3 is 5.97 Å². The van der Waals surface area contributed by atoms with Crippen molar-refractivity contribution in [2.75, 3.05) is 71.3 Å². The van der Waals surface area contributed by atoms with Crippen LogP contribution in [0.4, 0.5) is 11.5 Å². The Morgan fingerprint density at radius 3 is 2.42 bits per heavy atom. The predicted octanol–water partition coefficient (Wildman–Crippen LogP) is 4.45. The molecule has 1 aromatic heterocycles. The Kier molecular flexibility index (Phi) is 18.9. The summed E-state index contributed by atoms with van der Waals surface area (Å²) in [6.45, 7) is 10.8. The first-order valence-corrected chi connectivity index (χ1v) is 17.3. The van der Waals surface area contributed by atoms with E-state index < -0.39 is 16.9 Å². The van der Waals surface area contributed by atoms with Crippen LogP contribution in [-0.4, -0.2) is 90.6 Å². The molecule has 0 fully saturated rings. The number of hydrogen-bond donors (Lipinski definition) is 3. The van der Waals surface area contributed by atoms with Crippen LogP contribution in [0.3, 0.4) is 0 Å². The Balaban J connectivity index is 0.00000193. The highest BCUT2D eigenvalue weighted by Gasteiger charge is 2.20. The normalized spacial score (nSPS) is 15.8. The van der Waals surface area contributed by atoms with E-state index in [-0.39, 0.29) is 30.5 Å². The van der Waals surface area contributed by atoms with E-state index >= 15 is 0 Å². The SMILES string of the molecule is CC.CC.CNCc1cccc2c1OCCOCCOCCN(CCCC(=O)OC)S(=O)c1ccc(cc1)-c1cnc(N)c(n1)C(=O)N2. The zero-order chi connectivity index (χ0) is 35.3. The molecule has 4 bridgehead atoms. The Morgan fingerprint density at radius 1 is 1.04 bits per heavy atom. The molecule has 1 unspecified atom stereocenters. The maximum Gasteiger partial charge on any atom is 0.305 e. The second kappa shape index (κ2) is 22.6. The molecule has 2 aliphatic heterocycles. The third kappa shape index (κ3) is 12.3. The molecular formula is C34H50N6O7S. The lowest BCUT2D eigenvalue weighted by Crippen LogP contribution is -2.31. The standard InChI is InChI=1S/C30H38N6O7S.2C2H6/c1-32-19-22-5-3-6-24-28(22)43-18-17-42-16-15-41-14-13-36(12-4-7-26(37)40-2)44(39)23-10-8-21(9-11-23)25-20-33-29(31)27(34-25)30(38)35-24;2*1-2/h3,5-6,8-11,20,32H,4,7,12-19H2,1-2H3,(H2,31,33)(H,35,38);2*1-2H3. The number of nitrogens with zero attached hydrogens (tertiary/aromatic N) is 3. The highest BCUT2D eigenvalue weighted by molar-refractivity contribution is 7.82. The lowest BCUT2D eigenvalue weighted by Gasteiger charge is -2.21. The fourth-order valence-corrected chi connectivity index (χ4v) is 5.63. The molecule has 2 aliphatic rings. The number of nitrogens with one attached hydrogen (secondary N) is 2. The summed E-state index contributed by atoms with van der Waals surface area (Å²) < 4.78 is 37.5. The van der Waals surface area contributed by atoms with Gasteiger partial charge in [0.1, 0.15) is 23.3 Å². The molecule has 48 heavy (non-hydrogen) atoms. The number of ether oxygens (including phenoxy) is 4. The average Bonchev–Trinajstić information content (AvgIpc) is 3.12. The maximum absolute atomic E-state index is 13.5. The fraction of sp³-hybridized carbons (Fsp3) is 0.471. The molecule has 3 heterocycles. The lowest BCUT2D eigenvalue weighted by molar-refractivity contribution is -0.140. The van der Waals surface area contributed by atoms with E-state index in [4.69, 9.17) is 24.7 Å². The van der Waals surface area contributed by atoms with Crippen molar-refractivity contribution >= 4 is 34.4 Å². The van der Waals surface area contributed by atoms with Crippen molar-refractivity contribution < 1.29 is 32.7 Å². The van der Waals surface area contributed by atoms with Crippen molar-refractivity contribution in [2.45, 2.75) is 52.0 Å². The molecule has 1 amide bonds. The van der Waals surface area contributed by atoms with Crippen LogP contribution >= 0.6 is 0 Å². The van der Waals surface area contributed by atoms with Gasteiger partial charge in [-0.2, -0.15) is 0 Å². The van der Waals surface area contributed by atoms with Crippen molar-refractivity contribution in [3.8, 4) is 17.0 Å². The van der Waals surface area contributed by atoms with Gasteiger partial charge in [-0.25, -0.2) is 18.5 Å². The van der Waals surface area contributed by atoms with Crippen LogP contribution in [-0.2, 0) is 36.5 Å². The van der Waals surface area contributed by atoms with Gasteiger partial charge in [0.2, 0.25) is 0 Å². The third-order valence-electron chi connectivity index (χ3n) is 6.66. The number of methoxy groups -OCH3 is 1. The van der Waals surface area contributed by atoms with Crippen molar-refractivity contribution in [1.82, 2.24) is 19.6 Å². The van der Waals surface area contributed by atoms with Crippen LogP contribution in [0.5, 0.6) is 5.75 Å². The zero-order valence-corrected chi connectivity index (χ0v) is 29.7. The second-order valence-electron chi connectivity index (χ2n) is 9.72. The lowest BCUT2D eigenvalue weighted by atomic mass is 10.1. The molecular weight excluding hydrogens is 636 g/mol. The highest BCUT2D eigenvalue weighted by atomic mass is 32.2. The quantitative estimate of drug-likeness (QED) is 0.248. The number of anilines is 2. The molecule has 0 radical (unpaired) electrons. The molecule has 0 saturated carbocycles. The number of aromatic nitrogens is 2. The maximum atomic E-state index is 13.5. The van der Waals surface area contributed by atoms with E-state index in [1.54, 1.807) is 34.6 Å². The van der Waals surface area contributed by atoms with Crippen molar-refractivity contribution in [2.24, 2.45) is 0 Å². The number of carbonyl (C=O) groups is 2. The Hall–Kier alpha value is -3.95. The molecule has 4 N–H and O–H groups in total. The number of amides is 1. The number of benzene rings is 2. The number of nitrogen functional groups attached to an aromatic ring is 1. The fourth-order valence-electron chi connectivity index (χ4n) is 4.43. The van der Waals surface area contributed by atoms with E-state index in [0.717, 1.165) is 5.56 Å². The molecule has 0 aliphatic carbocycles. The minimum Gasteiger partial charge on any atom is -0.489 e. The van der Waals surface area contributed by atoms with Crippen LogP contribution < -0.4 is 21.1 Å².